The highest BCUT2D eigenvalue weighted by Gasteiger charge is 2.06. The molecule has 1 rings (SSSR count). The van der Waals surface area contributed by atoms with Crippen LogP contribution in [0.15, 0.2) is 18.2 Å². The first-order valence-electron chi connectivity index (χ1n) is 6.17. The SMILES string of the molecule is CCNC(=O)c1ccc(NCC(C)C)c(C)c1. The summed E-state index contributed by atoms with van der Waals surface area (Å²) in [6.45, 7) is 9.89. The van der Waals surface area contributed by atoms with Crippen molar-refractivity contribution >= 4 is 11.6 Å². The summed E-state index contributed by atoms with van der Waals surface area (Å²) in [6, 6.07) is 5.76. The Kier molecular flexibility index (Phi) is 5.01. The molecule has 0 aliphatic heterocycles. The number of rotatable bonds is 5. The van der Waals surface area contributed by atoms with Crippen LogP contribution in [0.5, 0.6) is 0 Å². The standard InChI is InChI=1S/C14H22N2O/c1-5-15-14(17)12-6-7-13(11(4)8-12)16-9-10(2)3/h6-8,10,16H,5,9H2,1-4H3,(H,15,17). The van der Waals surface area contributed by atoms with E-state index < -0.39 is 0 Å². The fourth-order valence-corrected chi connectivity index (χ4v) is 1.58. The van der Waals surface area contributed by atoms with Crippen LogP contribution in [0.2, 0.25) is 0 Å². The Labute approximate surface area is 104 Å². The number of amides is 1. The lowest BCUT2D eigenvalue weighted by atomic mass is 10.1. The molecule has 2 N–H and O–H groups in total. The average Bonchev–Trinajstić information content (AvgIpc) is 2.27. The Balaban J connectivity index is 2.75. The summed E-state index contributed by atoms with van der Waals surface area (Å²) in [7, 11) is 0. The van der Waals surface area contributed by atoms with Crippen molar-refractivity contribution in [2.75, 3.05) is 18.4 Å². The highest BCUT2D eigenvalue weighted by atomic mass is 16.1. The van der Waals surface area contributed by atoms with Crippen molar-refractivity contribution in [2.45, 2.75) is 27.7 Å². The predicted molar refractivity (Wildman–Crippen MR) is 72.5 cm³/mol. The van der Waals surface area contributed by atoms with Crippen molar-refractivity contribution in [1.29, 1.82) is 0 Å². The summed E-state index contributed by atoms with van der Waals surface area (Å²) in [5.74, 6) is 0.600. The zero-order valence-corrected chi connectivity index (χ0v) is 11.1. The smallest absolute Gasteiger partial charge is 0.251 e. The first kappa shape index (κ1) is 13.6. The lowest BCUT2D eigenvalue weighted by molar-refractivity contribution is 0.0956. The van der Waals surface area contributed by atoms with Crippen molar-refractivity contribution in [3.63, 3.8) is 0 Å². The normalized spacial score (nSPS) is 10.4. The van der Waals surface area contributed by atoms with Gasteiger partial charge < -0.3 is 10.6 Å². The van der Waals surface area contributed by atoms with Crippen LogP contribution >= 0.6 is 0 Å². The molecule has 0 unspecified atom stereocenters. The molecule has 94 valence electrons. The van der Waals surface area contributed by atoms with Gasteiger partial charge in [-0.2, -0.15) is 0 Å². The Morgan fingerprint density at radius 3 is 2.59 bits per heavy atom. The number of hydrogen-bond donors (Lipinski definition) is 2. The van der Waals surface area contributed by atoms with Gasteiger partial charge in [-0.15, -0.1) is 0 Å². The number of aryl methyl sites for hydroxylation is 1. The second kappa shape index (κ2) is 6.28. The van der Waals surface area contributed by atoms with Crippen LogP contribution in [0.3, 0.4) is 0 Å². The van der Waals surface area contributed by atoms with E-state index in [4.69, 9.17) is 0 Å². The Bertz CT molecular complexity index is 386. The first-order valence-corrected chi connectivity index (χ1v) is 6.17. The number of carbonyl (C=O) groups excluding carboxylic acids is 1. The molecule has 1 aromatic carbocycles. The van der Waals surface area contributed by atoms with E-state index in [0.717, 1.165) is 23.4 Å². The van der Waals surface area contributed by atoms with Crippen molar-refractivity contribution in [3.8, 4) is 0 Å². The maximum atomic E-state index is 11.6. The molecule has 0 radical (unpaired) electrons. The summed E-state index contributed by atoms with van der Waals surface area (Å²) in [5.41, 5.74) is 2.93. The summed E-state index contributed by atoms with van der Waals surface area (Å²) >= 11 is 0. The largest absolute Gasteiger partial charge is 0.385 e. The Hall–Kier alpha value is -1.51. The minimum Gasteiger partial charge on any atom is -0.385 e. The summed E-state index contributed by atoms with van der Waals surface area (Å²) < 4.78 is 0. The lowest BCUT2D eigenvalue weighted by Gasteiger charge is -2.12. The number of nitrogens with one attached hydrogen (secondary N) is 2. The maximum absolute atomic E-state index is 11.6. The van der Waals surface area contributed by atoms with Gasteiger partial charge in [0.25, 0.3) is 5.91 Å². The van der Waals surface area contributed by atoms with E-state index in [2.05, 4.69) is 24.5 Å². The van der Waals surface area contributed by atoms with E-state index in [-0.39, 0.29) is 5.91 Å². The highest BCUT2D eigenvalue weighted by Crippen LogP contribution is 2.16. The Morgan fingerprint density at radius 2 is 2.06 bits per heavy atom. The van der Waals surface area contributed by atoms with Gasteiger partial charge in [0.1, 0.15) is 0 Å². The van der Waals surface area contributed by atoms with E-state index in [1.165, 1.54) is 0 Å². The second-order valence-corrected chi connectivity index (χ2v) is 4.66. The molecule has 0 aliphatic rings. The van der Waals surface area contributed by atoms with Crippen LogP contribution in [-0.2, 0) is 0 Å². The molecular weight excluding hydrogens is 212 g/mol. The van der Waals surface area contributed by atoms with Crippen molar-refractivity contribution in [3.05, 3.63) is 29.3 Å². The quantitative estimate of drug-likeness (QED) is 0.822. The molecule has 0 bridgehead atoms. The molecule has 0 saturated carbocycles. The summed E-state index contributed by atoms with van der Waals surface area (Å²) in [6.07, 6.45) is 0. The number of carbonyl (C=O) groups is 1. The third-order valence-electron chi connectivity index (χ3n) is 2.53. The maximum Gasteiger partial charge on any atom is 0.251 e. The topological polar surface area (TPSA) is 41.1 Å². The average molecular weight is 234 g/mol. The molecule has 0 heterocycles. The molecule has 3 nitrogen and oxygen atoms in total. The number of benzene rings is 1. The van der Waals surface area contributed by atoms with Crippen LogP contribution in [0.4, 0.5) is 5.69 Å². The zero-order valence-electron chi connectivity index (χ0n) is 11.1. The van der Waals surface area contributed by atoms with Gasteiger partial charge in [0.2, 0.25) is 0 Å². The summed E-state index contributed by atoms with van der Waals surface area (Å²) in [4.78, 5) is 11.6. The fraction of sp³-hybridized carbons (Fsp3) is 0.500. The molecule has 1 aromatic rings. The minimum atomic E-state index is -0.00832. The van der Waals surface area contributed by atoms with Gasteiger partial charge in [-0.3, -0.25) is 4.79 Å². The summed E-state index contributed by atoms with van der Waals surface area (Å²) in [5, 5.41) is 6.18. The van der Waals surface area contributed by atoms with E-state index in [1.54, 1.807) is 0 Å². The molecule has 0 atom stereocenters. The van der Waals surface area contributed by atoms with Gasteiger partial charge in [-0.1, -0.05) is 13.8 Å². The fourth-order valence-electron chi connectivity index (χ4n) is 1.58. The molecule has 17 heavy (non-hydrogen) atoms. The van der Waals surface area contributed by atoms with Crippen LogP contribution in [0.1, 0.15) is 36.7 Å². The van der Waals surface area contributed by atoms with Gasteiger partial charge in [0.15, 0.2) is 0 Å². The molecule has 0 saturated heterocycles. The van der Waals surface area contributed by atoms with E-state index in [9.17, 15) is 4.79 Å². The van der Waals surface area contributed by atoms with Gasteiger partial charge >= 0.3 is 0 Å². The monoisotopic (exact) mass is 234 g/mol. The molecule has 0 aliphatic carbocycles. The molecule has 0 fully saturated rings. The van der Waals surface area contributed by atoms with Crippen molar-refractivity contribution in [2.24, 2.45) is 5.92 Å². The van der Waals surface area contributed by atoms with E-state index in [0.29, 0.717) is 12.5 Å². The molecule has 3 heteroatoms. The van der Waals surface area contributed by atoms with Gasteiger partial charge in [-0.25, -0.2) is 0 Å². The molecule has 0 spiro atoms. The van der Waals surface area contributed by atoms with Crippen molar-refractivity contribution in [1.82, 2.24) is 5.32 Å². The van der Waals surface area contributed by atoms with Crippen LogP contribution in [0, 0.1) is 12.8 Å². The van der Waals surface area contributed by atoms with Crippen LogP contribution in [-0.4, -0.2) is 19.0 Å². The van der Waals surface area contributed by atoms with Gasteiger partial charge in [0, 0.05) is 24.3 Å². The Morgan fingerprint density at radius 1 is 1.35 bits per heavy atom. The second-order valence-electron chi connectivity index (χ2n) is 4.66. The lowest BCUT2D eigenvalue weighted by Crippen LogP contribution is -2.22. The molecular formula is C14H22N2O. The third-order valence-corrected chi connectivity index (χ3v) is 2.53. The first-order chi connectivity index (χ1) is 8.04. The highest BCUT2D eigenvalue weighted by molar-refractivity contribution is 5.94. The van der Waals surface area contributed by atoms with E-state index in [1.807, 2.05) is 32.0 Å². The molecule has 0 aromatic heterocycles. The molecule has 1 amide bonds. The van der Waals surface area contributed by atoms with Crippen LogP contribution < -0.4 is 10.6 Å². The van der Waals surface area contributed by atoms with Crippen LogP contribution in [0.25, 0.3) is 0 Å². The zero-order chi connectivity index (χ0) is 12.8. The number of anilines is 1. The predicted octanol–water partition coefficient (Wildman–Crippen LogP) is 2.81. The van der Waals surface area contributed by atoms with Gasteiger partial charge in [0.05, 0.1) is 0 Å². The van der Waals surface area contributed by atoms with Gasteiger partial charge in [-0.05, 0) is 43.5 Å². The van der Waals surface area contributed by atoms with E-state index >= 15 is 0 Å². The number of hydrogen-bond acceptors (Lipinski definition) is 2. The third kappa shape index (κ3) is 4.10. The van der Waals surface area contributed by atoms with Crippen molar-refractivity contribution < 1.29 is 4.79 Å². The minimum absolute atomic E-state index is 0.00832.